The van der Waals surface area contributed by atoms with Crippen LogP contribution in [-0.2, 0) is 19.0 Å². The molecular formula is C8H14O5. The fourth-order valence-electron chi connectivity index (χ4n) is 0.634. The predicted octanol–water partition coefficient (Wildman–Crippen LogP) is 1.11. The van der Waals surface area contributed by atoms with Crippen LogP contribution in [0.5, 0.6) is 0 Å². The highest BCUT2D eigenvalue weighted by atomic mass is 16.7. The Kier molecular flexibility index (Phi) is 6.68. The van der Waals surface area contributed by atoms with Crippen molar-refractivity contribution in [3.05, 3.63) is 0 Å². The number of rotatable bonds is 5. The third kappa shape index (κ3) is 7.11. The highest BCUT2D eigenvalue weighted by molar-refractivity contribution is 5.69. The summed E-state index contributed by atoms with van der Waals surface area (Å²) in [6, 6.07) is 0. The number of hydrogen-bond acceptors (Lipinski definition) is 5. The second kappa shape index (κ2) is 7.39. The van der Waals surface area contributed by atoms with E-state index >= 15 is 0 Å². The first-order valence-corrected chi connectivity index (χ1v) is 4.07. The van der Waals surface area contributed by atoms with E-state index in [9.17, 15) is 9.59 Å². The zero-order valence-corrected chi connectivity index (χ0v) is 7.87. The van der Waals surface area contributed by atoms with Crippen LogP contribution in [-0.4, -0.2) is 32.4 Å². The predicted molar refractivity (Wildman–Crippen MR) is 44.2 cm³/mol. The SMILES string of the molecule is CCOC(=O)OCCCC(=O)OC. The van der Waals surface area contributed by atoms with E-state index in [2.05, 4.69) is 14.2 Å². The van der Waals surface area contributed by atoms with E-state index in [4.69, 9.17) is 0 Å². The van der Waals surface area contributed by atoms with Gasteiger partial charge in [-0.2, -0.15) is 0 Å². The van der Waals surface area contributed by atoms with Crippen LogP contribution < -0.4 is 0 Å². The monoisotopic (exact) mass is 190 g/mol. The molecule has 5 heteroatoms. The maximum Gasteiger partial charge on any atom is 0.508 e. The quantitative estimate of drug-likeness (QED) is 0.480. The van der Waals surface area contributed by atoms with Gasteiger partial charge in [0.25, 0.3) is 0 Å². The lowest BCUT2D eigenvalue weighted by molar-refractivity contribution is -0.140. The standard InChI is InChI=1S/C8H14O5/c1-3-12-8(10)13-6-4-5-7(9)11-2/h3-6H2,1-2H3. The van der Waals surface area contributed by atoms with Gasteiger partial charge in [-0.1, -0.05) is 0 Å². The minimum Gasteiger partial charge on any atom is -0.469 e. The Morgan fingerprint density at radius 1 is 1.23 bits per heavy atom. The summed E-state index contributed by atoms with van der Waals surface area (Å²) in [5.41, 5.74) is 0. The minimum atomic E-state index is -0.702. The molecule has 0 saturated heterocycles. The zero-order chi connectivity index (χ0) is 10.1. The van der Waals surface area contributed by atoms with Crippen molar-refractivity contribution in [2.24, 2.45) is 0 Å². The molecule has 0 aromatic rings. The summed E-state index contributed by atoms with van der Waals surface area (Å²) in [7, 11) is 1.31. The Morgan fingerprint density at radius 3 is 2.46 bits per heavy atom. The van der Waals surface area contributed by atoms with Crippen molar-refractivity contribution in [2.75, 3.05) is 20.3 Å². The molecule has 0 radical (unpaired) electrons. The molecule has 0 bridgehead atoms. The van der Waals surface area contributed by atoms with E-state index < -0.39 is 6.16 Å². The molecule has 0 aliphatic heterocycles. The molecule has 0 amide bonds. The van der Waals surface area contributed by atoms with Gasteiger partial charge in [-0.25, -0.2) is 4.79 Å². The molecule has 0 saturated carbocycles. The second-order valence-corrected chi connectivity index (χ2v) is 2.21. The molecule has 0 heterocycles. The van der Waals surface area contributed by atoms with Gasteiger partial charge in [-0.15, -0.1) is 0 Å². The van der Waals surface area contributed by atoms with Gasteiger partial charge in [0, 0.05) is 6.42 Å². The van der Waals surface area contributed by atoms with Crippen LogP contribution in [0.3, 0.4) is 0 Å². The second-order valence-electron chi connectivity index (χ2n) is 2.21. The molecule has 0 fully saturated rings. The molecule has 0 atom stereocenters. The maximum atomic E-state index is 10.6. The summed E-state index contributed by atoms with van der Waals surface area (Å²) < 4.78 is 13.5. The van der Waals surface area contributed by atoms with Crippen LogP contribution in [0.15, 0.2) is 0 Å². The van der Waals surface area contributed by atoms with Crippen LogP contribution in [0, 0.1) is 0 Å². The number of esters is 1. The van der Waals surface area contributed by atoms with E-state index in [-0.39, 0.29) is 25.6 Å². The van der Waals surface area contributed by atoms with Gasteiger partial charge in [0.15, 0.2) is 0 Å². The minimum absolute atomic E-state index is 0.175. The summed E-state index contributed by atoms with van der Waals surface area (Å²) in [6.45, 7) is 2.15. The third-order valence-corrected chi connectivity index (χ3v) is 1.24. The van der Waals surface area contributed by atoms with Gasteiger partial charge in [-0.05, 0) is 13.3 Å². The first kappa shape index (κ1) is 11.7. The van der Waals surface area contributed by atoms with E-state index in [1.807, 2.05) is 0 Å². The number of hydrogen-bond donors (Lipinski definition) is 0. The van der Waals surface area contributed by atoms with Gasteiger partial charge < -0.3 is 14.2 Å². The van der Waals surface area contributed by atoms with Gasteiger partial charge in [0.1, 0.15) is 0 Å². The summed E-state index contributed by atoms with van der Waals surface area (Å²) in [5, 5.41) is 0. The lowest BCUT2D eigenvalue weighted by Crippen LogP contribution is -2.09. The van der Waals surface area contributed by atoms with Crippen molar-refractivity contribution in [3.63, 3.8) is 0 Å². The highest BCUT2D eigenvalue weighted by Crippen LogP contribution is 1.94. The molecule has 0 aromatic heterocycles. The molecule has 0 unspecified atom stereocenters. The Hall–Kier alpha value is -1.26. The van der Waals surface area contributed by atoms with Crippen LogP contribution in [0.25, 0.3) is 0 Å². The summed E-state index contributed by atoms with van der Waals surface area (Å²) in [6.07, 6.45) is -0.00569. The average Bonchev–Trinajstić information content (AvgIpc) is 2.12. The van der Waals surface area contributed by atoms with Crippen LogP contribution in [0.4, 0.5) is 4.79 Å². The number of carbonyl (C=O) groups excluding carboxylic acids is 2. The number of methoxy groups -OCH3 is 1. The van der Waals surface area contributed by atoms with Crippen molar-refractivity contribution in [1.82, 2.24) is 0 Å². The van der Waals surface area contributed by atoms with Gasteiger partial charge >= 0.3 is 12.1 Å². The van der Waals surface area contributed by atoms with Crippen LogP contribution in [0.1, 0.15) is 19.8 Å². The Bertz CT molecular complexity index is 166. The Labute approximate surface area is 77.0 Å². The van der Waals surface area contributed by atoms with Gasteiger partial charge in [-0.3, -0.25) is 4.79 Å². The maximum absolute atomic E-state index is 10.6. The number of ether oxygens (including phenoxy) is 3. The molecule has 0 aliphatic carbocycles. The lowest BCUT2D eigenvalue weighted by Gasteiger charge is -2.03. The number of carbonyl (C=O) groups is 2. The molecule has 0 rings (SSSR count). The first-order valence-electron chi connectivity index (χ1n) is 4.07. The van der Waals surface area contributed by atoms with Gasteiger partial charge in [0.05, 0.1) is 20.3 Å². The smallest absolute Gasteiger partial charge is 0.469 e. The summed E-state index contributed by atoms with van der Waals surface area (Å²) in [4.78, 5) is 21.2. The topological polar surface area (TPSA) is 61.8 Å². The fraction of sp³-hybridized carbons (Fsp3) is 0.750. The van der Waals surface area contributed by atoms with E-state index in [1.54, 1.807) is 6.92 Å². The summed E-state index contributed by atoms with van der Waals surface area (Å²) >= 11 is 0. The highest BCUT2D eigenvalue weighted by Gasteiger charge is 2.03. The molecule has 0 N–H and O–H groups in total. The molecule has 0 spiro atoms. The normalized spacial score (nSPS) is 9.08. The third-order valence-electron chi connectivity index (χ3n) is 1.24. The molecule has 0 aromatic carbocycles. The van der Waals surface area contributed by atoms with Gasteiger partial charge in [0.2, 0.25) is 0 Å². The van der Waals surface area contributed by atoms with Crippen molar-refractivity contribution < 1.29 is 23.8 Å². The van der Waals surface area contributed by atoms with E-state index in [1.165, 1.54) is 7.11 Å². The van der Waals surface area contributed by atoms with Crippen molar-refractivity contribution in [1.29, 1.82) is 0 Å². The molecule has 76 valence electrons. The Morgan fingerprint density at radius 2 is 1.92 bits per heavy atom. The largest absolute Gasteiger partial charge is 0.508 e. The molecule has 13 heavy (non-hydrogen) atoms. The Balaban J connectivity index is 3.25. The summed E-state index contributed by atoms with van der Waals surface area (Å²) in [5.74, 6) is -0.313. The van der Waals surface area contributed by atoms with Crippen LogP contribution >= 0.6 is 0 Å². The average molecular weight is 190 g/mol. The zero-order valence-electron chi connectivity index (χ0n) is 7.87. The van der Waals surface area contributed by atoms with Crippen LogP contribution in [0.2, 0.25) is 0 Å². The van der Waals surface area contributed by atoms with E-state index in [0.717, 1.165) is 0 Å². The fourth-order valence-corrected chi connectivity index (χ4v) is 0.634. The van der Waals surface area contributed by atoms with Crippen molar-refractivity contribution >= 4 is 12.1 Å². The lowest BCUT2D eigenvalue weighted by atomic mass is 10.3. The molecule has 0 aliphatic rings. The first-order chi connectivity index (χ1) is 6.20. The van der Waals surface area contributed by atoms with Crippen molar-refractivity contribution in [2.45, 2.75) is 19.8 Å². The molecular weight excluding hydrogens is 176 g/mol. The van der Waals surface area contributed by atoms with E-state index in [0.29, 0.717) is 6.42 Å². The molecule has 5 nitrogen and oxygen atoms in total. The van der Waals surface area contributed by atoms with Crippen molar-refractivity contribution in [3.8, 4) is 0 Å².